The van der Waals surface area contributed by atoms with Gasteiger partial charge in [0.25, 0.3) is 0 Å². The molecule has 0 aliphatic carbocycles. The molecule has 0 aliphatic rings. The SMILES string of the molecule is Cc1cccc2c(-c3ccccc3)c(C(=O)O)ccc12. The first-order valence-corrected chi connectivity index (χ1v) is 6.49. The molecular weight excluding hydrogens is 248 g/mol. The molecule has 0 amide bonds. The number of carboxylic acids is 1. The summed E-state index contributed by atoms with van der Waals surface area (Å²) in [6, 6.07) is 19.3. The Kier molecular flexibility index (Phi) is 2.99. The van der Waals surface area contributed by atoms with Crippen molar-refractivity contribution < 1.29 is 9.90 Å². The normalized spacial score (nSPS) is 10.7. The molecule has 98 valence electrons. The summed E-state index contributed by atoms with van der Waals surface area (Å²) < 4.78 is 0. The first-order chi connectivity index (χ1) is 9.68. The molecule has 3 rings (SSSR count). The van der Waals surface area contributed by atoms with Gasteiger partial charge in [-0.15, -0.1) is 0 Å². The lowest BCUT2D eigenvalue weighted by Gasteiger charge is -2.12. The van der Waals surface area contributed by atoms with Gasteiger partial charge in [-0.2, -0.15) is 0 Å². The van der Waals surface area contributed by atoms with E-state index in [4.69, 9.17) is 0 Å². The lowest BCUT2D eigenvalue weighted by molar-refractivity contribution is 0.0698. The van der Waals surface area contributed by atoms with Crippen LogP contribution in [0.2, 0.25) is 0 Å². The van der Waals surface area contributed by atoms with E-state index in [2.05, 4.69) is 0 Å². The lowest BCUT2D eigenvalue weighted by atomic mass is 9.92. The third kappa shape index (κ3) is 1.95. The molecule has 0 aliphatic heterocycles. The highest BCUT2D eigenvalue weighted by atomic mass is 16.4. The van der Waals surface area contributed by atoms with Crippen molar-refractivity contribution in [2.24, 2.45) is 0 Å². The number of fused-ring (bicyclic) bond motifs is 1. The molecule has 0 fully saturated rings. The Bertz CT molecular complexity index is 789. The fourth-order valence-electron chi connectivity index (χ4n) is 2.61. The van der Waals surface area contributed by atoms with E-state index in [1.54, 1.807) is 6.07 Å². The molecule has 1 N–H and O–H groups in total. The first kappa shape index (κ1) is 12.4. The van der Waals surface area contributed by atoms with Crippen LogP contribution in [-0.2, 0) is 0 Å². The van der Waals surface area contributed by atoms with Gasteiger partial charge in [0.05, 0.1) is 5.56 Å². The quantitative estimate of drug-likeness (QED) is 0.737. The second-order valence-corrected chi connectivity index (χ2v) is 4.83. The van der Waals surface area contributed by atoms with Gasteiger partial charge in [-0.05, 0) is 34.9 Å². The van der Waals surface area contributed by atoms with E-state index in [1.807, 2.05) is 61.5 Å². The van der Waals surface area contributed by atoms with Crippen LogP contribution in [0, 0.1) is 6.92 Å². The fourth-order valence-corrected chi connectivity index (χ4v) is 2.61. The zero-order valence-corrected chi connectivity index (χ0v) is 11.1. The monoisotopic (exact) mass is 262 g/mol. The smallest absolute Gasteiger partial charge is 0.336 e. The highest BCUT2D eigenvalue weighted by molar-refractivity contribution is 6.08. The number of aryl methyl sites for hydroxylation is 1. The third-order valence-corrected chi connectivity index (χ3v) is 3.57. The molecule has 2 heteroatoms. The molecule has 2 nitrogen and oxygen atoms in total. The number of carbonyl (C=O) groups is 1. The Hall–Kier alpha value is -2.61. The molecule has 0 atom stereocenters. The Morgan fingerprint density at radius 1 is 0.850 bits per heavy atom. The van der Waals surface area contributed by atoms with Gasteiger partial charge in [-0.25, -0.2) is 4.79 Å². The number of hydrogen-bond acceptors (Lipinski definition) is 1. The van der Waals surface area contributed by atoms with Crippen molar-refractivity contribution in [1.29, 1.82) is 0 Å². The average Bonchev–Trinajstić information content (AvgIpc) is 2.47. The van der Waals surface area contributed by atoms with Gasteiger partial charge in [-0.3, -0.25) is 0 Å². The summed E-state index contributed by atoms with van der Waals surface area (Å²) in [5, 5.41) is 11.5. The predicted molar refractivity (Wildman–Crippen MR) is 81.1 cm³/mol. The molecule has 3 aromatic carbocycles. The van der Waals surface area contributed by atoms with Crippen LogP contribution < -0.4 is 0 Å². The summed E-state index contributed by atoms with van der Waals surface area (Å²) in [6.07, 6.45) is 0. The molecule has 0 radical (unpaired) electrons. The zero-order chi connectivity index (χ0) is 14.1. The number of aromatic carboxylic acids is 1. The third-order valence-electron chi connectivity index (χ3n) is 3.57. The van der Waals surface area contributed by atoms with Crippen LogP contribution in [0.3, 0.4) is 0 Å². The summed E-state index contributed by atoms with van der Waals surface area (Å²) in [5.74, 6) is -0.896. The maximum absolute atomic E-state index is 11.5. The molecule has 0 unspecified atom stereocenters. The molecular formula is C18H14O2. The van der Waals surface area contributed by atoms with Crippen molar-refractivity contribution in [3.05, 3.63) is 71.8 Å². The maximum Gasteiger partial charge on any atom is 0.336 e. The largest absolute Gasteiger partial charge is 0.478 e. The molecule has 20 heavy (non-hydrogen) atoms. The number of rotatable bonds is 2. The summed E-state index contributed by atoms with van der Waals surface area (Å²) >= 11 is 0. The minimum atomic E-state index is -0.896. The Labute approximate surface area is 117 Å². The van der Waals surface area contributed by atoms with E-state index in [1.165, 1.54) is 0 Å². The van der Waals surface area contributed by atoms with Crippen LogP contribution in [0.25, 0.3) is 21.9 Å². The van der Waals surface area contributed by atoms with E-state index in [-0.39, 0.29) is 0 Å². The van der Waals surface area contributed by atoms with Crippen molar-refractivity contribution in [3.8, 4) is 11.1 Å². The minimum Gasteiger partial charge on any atom is -0.478 e. The van der Waals surface area contributed by atoms with E-state index in [9.17, 15) is 9.90 Å². The molecule has 0 aromatic heterocycles. The highest BCUT2D eigenvalue weighted by Crippen LogP contribution is 2.33. The summed E-state index contributed by atoms with van der Waals surface area (Å²) in [6.45, 7) is 2.04. The van der Waals surface area contributed by atoms with Crippen LogP contribution in [0.5, 0.6) is 0 Å². The van der Waals surface area contributed by atoms with Crippen molar-refractivity contribution in [1.82, 2.24) is 0 Å². The van der Waals surface area contributed by atoms with Crippen LogP contribution >= 0.6 is 0 Å². The van der Waals surface area contributed by atoms with Crippen molar-refractivity contribution in [3.63, 3.8) is 0 Å². The van der Waals surface area contributed by atoms with Gasteiger partial charge < -0.3 is 5.11 Å². The maximum atomic E-state index is 11.5. The summed E-state index contributed by atoms with van der Waals surface area (Å²) in [7, 11) is 0. The zero-order valence-electron chi connectivity index (χ0n) is 11.1. The Balaban J connectivity index is 2.45. The second kappa shape index (κ2) is 4.82. The number of hydrogen-bond donors (Lipinski definition) is 1. The molecule has 0 bridgehead atoms. The van der Waals surface area contributed by atoms with Crippen molar-refractivity contribution in [2.75, 3.05) is 0 Å². The van der Waals surface area contributed by atoms with Crippen LogP contribution in [-0.4, -0.2) is 11.1 Å². The summed E-state index contributed by atoms with van der Waals surface area (Å²) in [5.41, 5.74) is 3.21. The van der Waals surface area contributed by atoms with Gasteiger partial charge in [0.2, 0.25) is 0 Å². The van der Waals surface area contributed by atoms with Crippen molar-refractivity contribution >= 4 is 16.7 Å². The fraction of sp³-hybridized carbons (Fsp3) is 0.0556. The molecule has 0 heterocycles. The number of carboxylic acid groups (broad SMARTS) is 1. The van der Waals surface area contributed by atoms with Gasteiger partial charge in [0.15, 0.2) is 0 Å². The van der Waals surface area contributed by atoms with E-state index in [0.29, 0.717) is 5.56 Å². The van der Waals surface area contributed by atoms with Gasteiger partial charge in [-0.1, -0.05) is 54.6 Å². The first-order valence-electron chi connectivity index (χ1n) is 6.49. The van der Waals surface area contributed by atoms with Gasteiger partial charge in [0.1, 0.15) is 0 Å². The Morgan fingerprint density at radius 3 is 2.30 bits per heavy atom. The van der Waals surface area contributed by atoms with Crippen LogP contribution in [0.4, 0.5) is 0 Å². The number of benzene rings is 3. The van der Waals surface area contributed by atoms with Gasteiger partial charge >= 0.3 is 5.97 Å². The van der Waals surface area contributed by atoms with Crippen LogP contribution in [0.1, 0.15) is 15.9 Å². The Morgan fingerprint density at radius 2 is 1.60 bits per heavy atom. The topological polar surface area (TPSA) is 37.3 Å². The predicted octanol–water partition coefficient (Wildman–Crippen LogP) is 4.51. The second-order valence-electron chi connectivity index (χ2n) is 4.83. The minimum absolute atomic E-state index is 0.342. The highest BCUT2D eigenvalue weighted by Gasteiger charge is 2.15. The van der Waals surface area contributed by atoms with Crippen LogP contribution in [0.15, 0.2) is 60.7 Å². The molecule has 3 aromatic rings. The van der Waals surface area contributed by atoms with E-state index < -0.39 is 5.97 Å². The van der Waals surface area contributed by atoms with Crippen molar-refractivity contribution in [2.45, 2.75) is 6.92 Å². The van der Waals surface area contributed by atoms with E-state index >= 15 is 0 Å². The standard InChI is InChI=1S/C18H14O2/c1-12-6-5-9-15-14(12)10-11-16(18(19)20)17(15)13-7-3-2-4-8-13/h2-11H,1H3,(H,19,20). The van der Waals surface area contributed by atoms with E-state index in [0.717, 1.165) is 27.5 Å². The molecule has 0 spiro atoms. The molecule has 0 saturated heterocycles. The molecule has 0 saturated carbocycles. The lowest BCUT2D eigenvalue weighted by Crippen LogP contribution is -2.00. The average molecular weight is 262 g/mol. The van der Waals surface area contributed by atoms with Gasteiger partial charge in [0, 0.05) is 5.56 Å². The summed E-state index contributed by atoms with van der Waals surface area (Å²) in [4.78, 5) is 11.5.